The molecule has 0 atom stereocenters. The van der Waals surface area contributed by atoms with Crippen LogP contribution in [0.4, 0.5) is 0 Å². The Hall–Kier alpha value is -1.64. The SMILES string of the molecule is CCNC(=NCCN(CCOC)C1CC1)N1CCN(Cc2ccon2)CC1. The molecule has 2 heterocycles. The summed E-state index contributed by atoms with van der Waals surface area (Å²) in [6, 6.07) is 2.69. The first-order valence-corrected chi connectivity index (χ1v) is 10.2. The van der Waals surface area contributed by atoms with Gasteiger partial charge in [0.1, 0.15) is 6.26 Å². The number of guanidine groups is 1. The van der Waals surface area contributed by atoms with Gasteiger partial charge in [0.05, 0.1) is 18.8 Å². The Morgan fingerprint density at radius 3 is 2.78 bits per heavy atom. The van der Waals surface area contributed by atoms with E-state index in [1.807, 2.05) is 6.07 Å². The quantitative estimate of drug-likeness (QED) is 0.478. The van der Waals surface area contributed by atoms with Gasteiger partial charge in [0, 0.05) is 71.6 Å². The number of nitrogens with zero attached hydrogens (tertiary/aromatic N) is 5. The van der Waals surface area contributed by atoms with Crippen LogP contribution in [0, 0.1) is 0 Å². The van der Waals surface area contributed by atoms with Crippen molar-refractivity contribution in [1.29, 1.82) is 0 Å². The fourth-order valence-electron chi connectivity index (χ4n) is 3.50. The van der Waals surface area contributed by atoms with Crippen molar-refractivity contribution < 1.29 is 9.26 Å². The predicted molar refractivity (Wildman–Crippen MR) is 106 cm³/mol. The van der Waals surface area contributed by atoms with Gasteiger partial charge in [-0.15, -0.1) is 0 Å². The van der Waals surface area contributed by atoms with E-state index in [-0.39, 0.29) is 0 Å². The van der Waals surface area contributed by atoms with Gasteiger partial charge in [-0.1, -0.05) is 5.16 Å². The van der Waals surface area contributed by atoms with Gasteiger partial charge in [-0.05, 0) is 19.8 Å². The number of hydrogen-bond acceptors (Lipinski definition) is 6. The zero-order valence-electron chi connectivity index (χ0n) is 16.8. The third-order valence-corrected chi connectivity index (χ3v) is 5.18. The van der Waals surface area contributed by atoms with Crippen LogP contribution in [0.15, 0.2) is 21.8 Å². The first-order chi connectivity index (χ1) is 13.3. The Labute approximate surface area is 162 Å². The van der Waals surface area contributed by atoms with Crippen molar-refractivity contribution in [3.05, 3.63) is 18.0 Å². The molecule has 1 saturated heterocycles. The molecule has 27 heavy (non-hydrogen) atoms. The number of nitrogens with one attached hydrogen (secondary N) is 1. The van der Waals surface area contributed by atoms with Gasteiger partial charge >= 0.3 is 0 Å². The standard InChI is InChI=1S/C19H34N6O2/c1-3-20-19(21-7-8-24(13-15-26-2)18-4-5-18)25-11-9-23(10-12-25)16-17-6-14-27-22-17/h6,14,18H,3-5,7-13,15-16H2,1-2H3,(H,20,21). The molecular formula is C19H34N6O2. The van der Waals surface area contributed by atoms with Crippen LogP contribution in [0.2, 0.25) is 0 Å². The number of hydrogen-bond donors (Lipinski definition) is 1. The summed E-state index contributed by atoms with van der Waals surface area (Å²) in [6.45, 7) is 11.5. The highest BCUT2D eigenvalue weighted by molar-refractivity contribution is 5.80. The monoisotopic (exact) mass is 378 g/mol. The lowest BCUT2D eigenvalue weighted by molar-refractivity contribution is 0.145. The third-order valence-electron chi connectivity index (χ3n) is 5.18. The molecule has 2 fully saturated rings. The van der Waals surface area contributed by atoms with E-state index >= 15 is 0 Å². The molecule has 0 unspecified atom stereocenters. The molecule has 152 valence electrons. The van der Waals surface area contributed by atoms with Crippen molar-refractivity contribution in [1.82, 2.24) is 25.2 Å². The third kappa shape index (κ3) is 6.48. The maximum atomic E-state index is 5.25. The number of rotatable bonds is 10. The molecule has 0 amide bonds. The van der Waals surface area contributed by atoms with Crippen molar-refractivity contribution >= 4 is 5.96 Å². The molecule has 2 aliphatic rings. The van der Waals surface area contributed by atoms with Gasteiger partial charge in [-0.2, -0.15) is 0 Å². The minimum absolute atomic E-state index is 0.748. The molecule has 1 saturated carbocycles. The molecular weight excluding hydrogens is 344 g/mol. The number of methoxy groups -OCH3 is 1. The molecule has 0 spiro atoms. The molecule has 1 aliphatic carbocycles. The van der Waals surface area contributed by atoms with Crippen molar-refractivity contribution in [2.75, 3.05) is 66.1 Å². The highest BCUT2D eigenvalue weighted by Gasteiger charge is 2.28. The molecule has 0 bridgehead atoms. The van der Waals surface area contributed by atoms with E-state index in [1.54, 1.807) is 13.4 Å². The number of ether oxygens (including phenoxy) is 1. The lowest BCUT2D eigenvalue weighted by atomic mass is 10.3. The largest absolute Gasteiger partial charge is 0.383 e. The van der Waals surface area contributed by atoms with Crippen molar-refractivity contribution in [2.24, 2.45) is 4.99 Å². The Kier molecular flexibility index (Phi) is 7.92. The average Bonchev–Trinajstić information content (AvgIpc) is 3.41. The molecule has 1 aromatic rings. The van der Waals surface area contributed by atoms with Gasteiger partial charge in [-0.25, -0.2) is 0 Å². The summed E-state index contributed by atoms with van der Waals surface area (Å²) in [4.78, 5) is 12.2. The fraction of sp³-hybridized carbons (Fsp3) is 0.789. The zero-order valence-corrected chi connectivity index (χ0v) is 16.8. The summed E-state index contributed by atoms with van der Waals surface area (Å²) < 4.78 is 10.2. The molecule has 1 N–H and O–H groups in total. The second kappa shape index (κ2) is 10.6. The summed E-state index contributed by atoms with van der Waals surface area (Å²) in [5.41, 5.74) is 1.00. The summed E-state index contributed by atoms with van der Waals surface area (Å²) in [6.07, 6.45) is 4.28. The first-order valence-electron chi connectivity index (χ1n) is 10.2. The topological polar surface area (TPSA) is 69.4 Å². The van der Waals surface area contributed by atoms with E-state index in [2.05, 4.69) is 32.1 Å². The fourth-order valence-corrected chi connectivity index (χ4v) is 3.50. The predicted octanol–water partition coefficient (Wildman–Crippen LogP) is 0.869. The Bertz CT molecular complexity index is 553. The first kappa shape index (κ1) is 20.1. The van der Waals surface area contributed by atoms with Crippen molar-refractivity contribution in [2.45, 2.75) is 32.4 Å². The van der Waals surface area contributed by atoms with Crippen LogP contribution in [-0.4, -0.2) is 97.9 Å². The van der Waals surface area contributed by atoms with Gasteiger partial charge in [0.15, 0.2) is 5.96 Å². The second-order valence-corrected chi connectivity index (χ2v) is 7.25. The van der Waals surface area contributed by atoms with E-state index in [0.717, 1.165) is 83.2 Å². The maximum Gasteiger partial charge on any atom is 0.194 e. The minimum Gasteiger partial charge on any atom is -0.383 e. The lowest BCUT2D eigenvalue weighted by Crippen LogP contribution is -2.52. The molecule has 0 radical (unpaired) electrons. The normalized spacial score (nSPS) is 19.1. The molecule has 1 aromatic heterocycles. The van der Waals surface area contributed by atoms with Crippen LogP contribution in [0.3, 0.4) is 0 Å². The molecule has 8 heteroatoms. The van der Waals surface area contributed by atoms with Crippen LogP contribution >= 0.6 is 0 Å². The summed E-state index contributed by atoms with van der Waals surface area (Å²) in [7, 11) is 1.77. The van der Waals surface area contributed by atoms with E-state index < -0.39 is 0 Å². The Balaban J connectivity index is 1.45. The zero-order chi connectivity index (χ0) is 18.9. The summed E-state index contributed by atoms with van der Waals surface area (Å²) in [5.74, 6) is 1.04. The minimum atomic E-state index is 0.748. The number of piperazine rings is 1. The van der Waals surface area contributed by atoms with Crippen LogP contribution < -0.4 is 5.32 Å². The smallest absolute Gasteiger partial charge is 0.194 e. The van der Waals surface area contributed by atoms with Gasteiger partial charge in [0.2, 0.25) is 0 Å². The van der Waals surface area contributed by atoms with Crippen LogP contribution in [-0.2, 0) is 11.3 Å². The maximum absolute atomic E-state index is 5.25. The van der Waals surface area contributed by atoms with Gasteiger partial charge < -0.3 is 19.5 Å². The summed E-state index contributed by atoms with van der Waals surface area (Å²) >= 11 is 0. The molecule has 3 rings (SSSR count). The lowest BCUT2D eigenvalue weighted by Gasteiger charge is -2.36. The average molecular weight is 379 g/mol. The number of aromatic nitrogens is 1. The highest BCUT2D eigenvalue weighted by atomic mass is 16.5. The summed E-state index contributed by atoms with van der Waals surface area (Å²) in [5, 5.41) is 7.47. The van der Waals surface area contributed by atoms with Gasteiger partial charge in [0.25, 0.3) is 0 Å². The van der Waals surface area contributed by atoms with Crippen LogP contribution in [0.5, 0.6) is 0 Å². The van der Waals surface area contributed by atoms with Gasteiger partial charge in [-0.3, -0.25) is 14.8 Å². The highest BCUT2D eigenvalue weighted by Crippen LogP contribution is 2.26. The van der Waals surface area contributed by atoms with E-state index in [0.29, 0.717) is 0 Å². The van der Waals surface area contributed by atoms with Crippen LogP contribution in [0.1, 0.15) is 25.5 Å². The Morgan fingerprint density at radius 2 is 2.15 bits per heavy atom. The molecule has 0 aromatic carbocycles. The molecule has 8 nitrogen and oxygen atoms in total. The molecule has 1 aliphatic heterocycles. The van der Waals surface area contributed by atoms with Crippen LogP contribution in [0.25, 0.3) is 0 Å². The van der Waals surface area contributed by atoms with Crippen molar-refractivity contribution in [3.63, 3.8) is 0 Å². The second-order valence-electron chi connectivity index (χ2n) is 7.25. The van der Waals surface area contributed by atoms with E-state index in [9.17, 15) is 0 Å². The Morgan fingerprint density at radius 1 is 1.33 bits per heavy atom. The van der Waals surface area contributed by atoms with E-state index in [4.69, 9.17) is 14.3 Å². The number of aliphatic imine (C=N–C) groups is 1. The van der Waals surface area contributed by atoms with Crippen molar-refractivity contribution in [3.8, 4) is 0 Å². The van der Waals surface area contributed by atoms with E-state index in [1.165, 1.54) is 12.8 Å².